The van der Waals surface area contributed by atoms with E-state index in [1.807, 2.05) is 20.8 Å². The van der Waals surface area contributed by atoms with Crippen LogP contribution in [0.4, 0.5) is 4.79 Å². The van der Waals surface area contributed by atoms with Gasteiger partial charge in [-0.25, -0.2) is 4.79 Å². The van der Waals surface area contributed by atoms with Gasteiger partial charge in [0.1, 0.15) is 5.60 Å². The van der Waals surface area contributed by atoms with Gasteiger partial charge in [0.2, 0.25) is 5.91 Å². The molecule has 2 amide bonds. The summed E-state index contributed by atoms with van der Waals surface area (Å²) in [7, 11) is 1.65. The van der Waals surface area contributed by atoms with Gasteiger partial charge in [-0.05, 0) is 32.6 Å². The smallest absolute Gasteiger partial charge is 0.410 e. The molecular weight excluding hydrogens is 220 g/mol. The normalized spacial score (nSPS) is 30.8. The van der Waals surface area contributed by atoms with Crippen molar-refractivity contribution in [2.45, 2.75) is 26.4 Å². The minimum absolute atomic E-state index is 0.101. The Labute approximate surface area is 101 Å². The maximum atomic E-state index is 11.8. The van der Waals surface area contributed by atoms with Crippen molar-refractivity contribution < 1.29 is 14.3 Å². The van der Waals surface area contributed by atoms with Gasteiger partial charge in [-0.2, -0.15) is 0 Å². The third-order valence-electron chi connectivity index (χ3n) is 3.39. The van der Waals surface area contributed by atoms with Crippen LogP contribution in [0.2, 0.25) is 0 Å². The summed E-state index contributed by atoms with van der Waals surface area (Å²) in [6.07, 6.45) is -0.264. The second-order valence-electron chi connectivity index (χ2n) is 5.85. The molecule has 5 nitrogen and oxygen atoms in total. The van der Waals surface area contributed by atoms with Crippen molar-refractivity contribution in [1.29, 1.82) is 0 Å². The highest BCUT2D eigenvalue weighted by Crippen LogP contribution is 2.51. The summed E-state index contributed by atoms with van der Waals surface area (Å²) in [6.45, 7) is 6.87. The van der Waals surface area contributed by atoms with Crippen molar-refractivity contribution in [3.05, 3.63) is 0 Å². The Kier molecular flexibility index (Phi) is 2.79. The second kappa shape index (κ2) is 3.89. The number of fused-ring (bicyclic) bond motifs is 1. The Morgan fingerprint density at radius 3 is 2.18 bits per heavy atom. The summed E-state index contributed by atoms with van der Waals surface area (Å²) in [5.74, 6) is 0.882. The Morgan fingerprint density at radius 2 is 1.76 bits per heavy atom. The fourth-order valence-corrected chi connectivity index (χ4v) is 2.56. The quantitative estimate of drug-likeness (QED) is 0.739. The van der Waals surface area contributed by atoms with E-state index in [2.05, 4.69) is 5.32 Å². The number of nitrogens with one attached hydrogen (secondary N) is 1. The van der Waals surface area contributed by atoms with Crippen LogP contribution >= 0.6 is 0 Å². The van der Waals surface area contributed by atoms with Gasteiger partial charge in [-0.15, -0.1) is 0 Å². The molecule has 96 valence electrons. The number of rotatable bonds is 1. The molecule has 1 aliphatic heterocycles. The Morgan fingerprint density at radius 1 is 1.24 bits per heavy atom. The van der Waals surface area contributed by atoms with Crippen molar-refractivity contribution in [3.8, 4) is 0 Å². The monoisotopic (exact) mass is 240 g/mol. The van der Waals surface area contributed by atoms with Gasteiger partial charge < -0.3 is 15.0 Å². The minimum Gasteiger partial charge on any atom is -0.444 e. The number of carbonyl (C=O) groups excluding carboxylic acids is 2. The average Bonchev–Trinajstić information content (AvgIpc) is 2.69. The Hall–Kier alpha value is -1.26. The standard InChI is InChI=1S/C12H20N2O3/c1-12(2,3)17-11(16)14-5-7-8(6-14)9(7)10(15)13-4/h7-9H,5-6H2,1-4H3,(H,13,15). The van der Waals surface area contributed by atoms with Gasteiger partial charge in [-0.1, -0.05) is 0 Å². The first-order chi connectivity index (χ1) is 7.83. The van der Waals surface area contributed by atoms with E-state index in [0.717, 1.165) is 0 Å². The van der Waals surface area contributed by atoms with E-state index < -0.39 is 5.60 Å². The molecule has 2 fully saturated rings. The summed E-state index contributed by atoms with van der Waals surface area (Å²) in [5, 5.41) is 2.66. The molecule has 0 aromatic carbocycles. The van der Waals surface area contributed by atoms with Gasteiger partial charge in [-0.3, -0.25) is 4.79 Å². The number of hydrogen-bond acceptors (Lipinski definition) is 3. The molecule has 2 aliphatic rings. The fourth-order valence-electron chi connectivity index (χ4n) is 2.56. The SMILES string of the molecule is CNC(=O)C1C2CN(C(=O)OC(C)(C)C)CC21. The van der Waals surface area contributed by atoms with Crippen LogP contribution in [-0.4, -0.2) is 42.6 Å². The number of ether oxygens (including phenoxy) is 1. The van der Waals surface area contributed by atoms with Gasteiger partial charge in [0.05, 0.1) is 0 Å². The van der Waals surface area contributed by atoms with Crippen molar-refractivity contribution in [1.82, 2.24) is 10.2 Å². The van der Waals surface area contributed by atoms with Crippen LogP contribution in [0.15, 0.2) is 0 Å². The van der Waals surface area contributed by atoms with Gasteiger partial charge in [0.25, 0.3) is 0 Å². The molecule has 0 aromatic rings. The zero-order valence-corrected chi connectivity index (χ0v) is 10.8. The molecule has 5 heteroatoms. The highest BCUT2D eigenvalue weighted by molar-refractivity contribution is 5.83. The first-order valence-corrected chi connectivity index (χ1v) is 6.03. The summed E-state index contributed by atoms with van der Waals surface area (Å²) in [6, 6.07) is 0. The lowest BCUT2D eigenvalue weighted by molar-refractivity contribution is -0.122. The summed E-state index contributed by atoms with van der Waals surface area (Å²) >= 11 is 0. The van der Waals surface area contributed by atoms with Crippen LogP contribution < -0.4 is 5.32 Å². The topological polar surface area (TPSA) is 58.6 Å². The van der Waals surface area contributed by atoms with Gasteiger partial charge >= 0.3 is 6.09 Å². The molecule has 0 spiro atoms. The molecule has 1 aliphatic carbocycles. The zero-order chi connectivity index (χ0) is 12.8. The summed E-state index contributed by atoms with van der Waals surface area (Å²) in [5.41, 5.74) is -0.454. The van der Waals surface area contributed by atoms with Gasteiger partial charge in [0.15, 0.2) is 0 Å². The lowest BCUT2D eigenvalue weighted by Crippen LogP contribution is -2.38. The molecule has 1 heterocycles. The van der Waals surface area contributed by atoms with E-state index in [4.69, 9.17) is 4.74 Å². The number of hydrogen-bond donors (Lipinski definition) is 1. The lowest BCUT2D eigenvalue weighted by atomic mass is 10.2. The molecule has 1 saturated carbocycles. The van der Waals surface area contributed by atoms with E-state index in [9.17, 15) is 9.59 Å². The van der Waals surface area contributed by atoms with Crippen LogP contribution in [0.3, 0.4) is 0 Å². The third kappa shape index (κ3) is 2.37. The molecule has 0 bridgehead atoms. The van der Waals surface area contributed by atoms with Crippen LogP contribution in [-0.2, 0) is 9.53 Å². The fraction of sp³-hybridized carbons (Fsp3) is 0.833. The van der Waals surface area contributed by atoms with Crippen molar-refractivity contribution in [2.75, 3.05) is 20.1 Å². The molecular formula is C12H20N2O3. The van der Waals surface area contributed by atoms with E-state index in [0.29, 0.717) is 24.9 Å². The Bertz CT molecular complexity index is 336. The second-order valence-corrected chi connectivity index (χ2v) is 5.85. The van der Waals surface area contributed by atoms with Crippen LogP contribution in [0, 0.1) is 17.8 Å². The molecule has 2 atom stereocenters. The van der Waals surface area contributed by atoms with Crippen LogP contribution in [0.5, 0.6) is 0 Å². The molecule has 2 unspecified atom stereocenters. The van der Waals surface area contributed by atoms with Crippen LogP contribution in [0.25, 0.3) is 0 Å². The molecule has 1 saturated heterocycles. The molecule has 17 heavy (non-hydrogen) atoms. The molecule has 1 N–H and O–H groups in total. The number of amides is 2. The number of piperidine rings is 1. The van der Waals surface area contributed by atoms with Crippen LogP contribution in [0.1, 0.15) is 20.8 Å². The van der Waals surface area contributed by atoms with E-state index in [1.54, 1.807) is 11.9 Å². The molecule has 0 aromatic heterocycles. The zero-order valence-electron chi connectivity index (χ0n) is 10.8. The van der Waals surface area contributed by atoms with Crippen molar-refractivity contribution >= 4 is 12.0 Å². The van der Waals surface area contributed by atoms with E-state index in [-0.39, 0.29) is 17.9 Å². The Balaban J connectivity index is 1.83. The van der Waals surface area contributed by atoms with E-state index >= 15 is 0 Å². The third-order valence-corrected chi connectivity index (χ3v) is 3.39. The van der Waals surface area contributed by atoms with E-state index in [1.165, 1.54) is 0 Å². The predicted octanol–water partition coefficient (Wildman–Crippen LogP) is 0.845. The summed E-state index contributed by atoms with van der Waals surface area (Å²) in [4.78, 5) is 24.9. The first kappa shape index (κ1) is 12.2. The number of likely N-dealkylation sites (tertiary alicyclic amines) is 1. The maximum Gasteiger partial charge on any atom is 0.410 e. The molecule has 0 radical (unpaired) electrons. The largest absolute Gasteiger partial charge is 0.444 e. The maximum absolute atomic E-state index is 11.8. The first-order valence-electron chi connectivity index (χ1n) is 6.03. The number of carbonyl (C=O) groups is 2. The number of nitrogens with zero attached hydrogens (tertiary/aromatic N) is 1. The van der Waals surface area contributed by atoms with Crippen molar-refractivity contribution in [3.63, 3.8) is 0 Å². The minimum atomic E-state index is -0.454. The summed E-state index contributed by atoms with van der Waals surface area (Å²) < 4.78 is 5.30. The molecule has 2 rings (SSSR count). The highest BCUT2D eigenvalue weighted by atomic mass is 16.6. The average molecular weight is 240 g/mol. The predicted molar refractivity (Wildman–Crippen MR) is 62.3 cm³/mol. The lowest BCUT2D eigenvalue weighted by Gasteiger charge is -2.25. The highest BCUT2D eigenvalue weighted by Gasteiger charge is 2.60. The van der Waals surface area contributed by atoms with Crippen molar-refractivity contribution in [2.24, 2.45) is 17.8 Å². The van der Waals surface area contributed by atoms with Gasteiger partial charge in [0, 0.05) is 26.1 Å².